The van der Waals surface area contributed by atoms with E-state index in [1.807, 2.05) is 0 Å². The van der Waals surface area contributed by atoms with Crippen molar-refractivity contribution in [2.75, 3.05) is 0 Å². The lowest BCUT2D eigenvalue weighted by Crippen LogP contribution is -2.52. The van der Waals surface area contributed by atoms with Crippen molar-refractivity contribution in [1.29, 1.82) is 0 Å². The van der Waals surface area contributed by atoms with Crippen LogP contribution in [0.3, 0.4) is 0 Å². The molecule has 1 aliphatic carbocycles. The summed E-state index contributed by atoms with van der Waals surface area (Å²) in [6.45, 7) is -0.526. The van der Waals surface area contributed by atoms with Gasteiger partial charge in [-0.05, 0) is 12.5 Å². The second kappa shape index (κ2) is 10.2. The fourth-order valence-corrected chi connectivity index (χ4v) is 5.70. The summed E-state index contributed by atoms with van der Waals surface area (Å²) in [7, 11) is 0. The highest BCUT2D eigenvalue weighted by Crippen LogP contribution is 2.41. The van der Waals surface area contributed by atoms with Crippen LogP contribution in [0.4, 0.5) is 22.4 Å². The van der Waals surface area contributed by atoms with Crippen LogP contribution in [0.25, 0.3) is 11.3 Å². The number of fused-ring (bicyclic) bond motifs is 2. The van der Waals surface area contributed by atoms with Crippen LogP contribution in [0.1, 0.15) is 59.0 Å². The number of hydrogen-bond donors (Lipinski definition) is 2. The van der Waals surface area contributed by atoms with Crippen LogP contribution in [0.5, 0.6) is 0 Å². The van der Waals surface area contributed by atoms with Crippen molar-refractivity contribution < 1.29 is 41.5 Å². The number of benzene rings is 1. The van der Waals surface area contributed by atoms with E-state index in [4.69, 9.17) is 16.3 Å². The maximum absolute atomic E-state index is 15.4. The molecule has 1 atom stereocenters. The molecule has 2 aliphatic heterocycles. The molecule has 2 aromatic heterocycles. The summed E-state index contributed by atoms with van der Waals surface area (Å²) >= 11 is 6.32. The molecule has 1 unspecified atom stereocenters. The molecular formula is C25H20ClF4N7O5. The molecule has 6 rings (SSSR count). The minimum atomic E-state index is -4.74. The Balaban J connectivity index is 1.09. The lowest BCUT2D eigenvalue weighted by molar-refractivity contribution is -0.149. The maximum atomic E-state index is 15.4. The molecule has 0 spiro atoms. The molecule has 1 saturated carbocycles. The zero-order chi connectivity index (χ0) is 29.9. The zero-order valence-corrected chi connectivity index (χ0v) is 22.1. The molecule has 1 saturated heterocycles. The summed E-state index contributed by atoms with van der Waals surface area (Å²) in [5.41, 5.74) is -0.437. The van der Waals surface area contributed by atoms with Gasteiger partial charge in [0.05, 0.1) is 5.56 Å². The van der Waals surface area contributed by atoms with Crippen molar-refractivity contribution in [3.05, 3.63) is 51.8 Å². The van der Waals surface area contributed by atoms with E-state index in [1.54, 1.807) is 0 Å². The van der Waals surface area contributed by atoms with Gasteiger partial charge in [-0.2, -0.15) is 13.2 Å². The summed E-state index contributed by atoms with van der Waals surface area (Å²) in [6, 6.07) is -0.395. The van der Waals surface area contributed by atoms with Gasteiger partial charge in [-0.25, -0.2) is 24.1 Å². The van der Waals surface area contributed by atoms with Gasteiger partial charge in [-0.1, -0.05) is 11.6 Å². The van der Waals surface area contributed by atoms with E-state index in [1.165, 1.54) is 18.5 Å². The second-order valence-electron chi connectivity index (χ2n) is 10.1. The number of amides is 4. The quantitative estimate of drug-likeness (QED) is 0.331. The second-order valence-corrected chi connectivity index (χ2v) is 10.5. The molecule has 4 heterocycles. The Bertz CT molecular complexity index is 1660. The largest absolute Gasteiger partial charge is 0.449 e. The van der Waals surface area contributed by atoms with Crippen molar-refractivity contribution >= 4 is 46.7 Å². The SMILES string of the molecule is O=C1CCC(N2Cc3c(Cl)cc(CNC(=O)OC4CC(n5c(C(F)(F)F)nc6nccnc65)C4)c(F)c3C2=O)C(=O)N1. The number of piperidine rings is 1. The minimum absolute atomic E-state index is 0.0300. The topological polar surface area (TPSA) is 148 Å². The van der Waals surface area contributed by atoms with Crippen LogP contribution in [0.15, 0.2) is 18.5 Å². The number of alkyl carbamates (subject to hydrolysis) is 1. The maximum Gasteiger partial charge on any atom is 0.449 e. The standard InChI is InChI=1S/C25H20ClF4N7O5/c26-14-5-10(18(27)17-13(14)9-36(22(17)40)15-1-2-16(38)34-21(15)39)8-33-24(41)42-12-6-11(7-12)37-20-19(31-3-4-32-20)35-23(37)25(28,29)30/h3-5,11-12,15H,1-2,6-9H2,(H,33,41)(H,34,38,39). The highest BCUT2D eigenvalue weighted by Gasteiger charge is 2.44. The first kappa shape index (κ1) is 27.8. The molecule has 1 aromatic carbocycles. The first-order valence-corrected chi connectivity index (χ1v) is 13.1. The van der Waals surface area contributed by atoms with Gasteiger partial charge in [0, 0.05) is 66.9 Å². The van der Waals surface area contributed by atoms with Gasteiger partial charge in [0.15, 0.2) is 11.3 Å². The van der Waals surface area contributed by atoms with Crippen molar-refractivity contribution in [3.63, 3.8) is 0 Å². The van der Waals surface area contributed by atoms with E-state index in [0.717, 1.165) is 9.47 Å². The molecule has 12 nitrogen and oxygen atoms in total. The Hall–Kier alpha value is -4.34. The molecule has 0 bridgehead atoms. The van der Waals surface area contributed by atoms with E-state index in [-0.39, 0.29) is 65.2 Å². The summed E-state index contributed by atoms with van der Waals surface area (Å²) in [6.07, 6.45) is -3.68. The first-order chi connectivity index (χ1) is 19.9. The van der Waals surface area contributed by atoms with Crippen LogP contribution in [0.2, 0.25) is 5.02 Å². The predicted octanol–water partition coefficient (Wildman–Crippen LogP) is 3.03. The van der Waals surface area contributed by atoms with Crippen LogP contribution in [-0.2, 0) is 33.6 Å². The van der Waals surface area contributed by atoms with Crippen molar-refractivity contribution in [3.8, 4) is 0 Å². The Kier molecular flexibility index (Phi) is 6.74. The first-order valence-electron chi connectivity index (χ1n) is 12.8. The number of nitrogens with zero attached hydrogens (tertiary/aromatic N) is 5. The molecule has 220 valence electrons. The number of halogens is 5. The summed E-state index contributed by atoms with van der Waals surface area (Å²) < 4.78 is 62.3. The third-order valence-corrected chi connectivity index (χ3v) is 7.83. The normalized spacial score (nSPS) is 22.2. The number of rotatable bonds is 5. The number of aromatic nitrogens is 4. The molecule has 2 fully saturated rings. The fraction of sp³-hybridized carbons (Fsp3) is 0.400. The van der Waals surface area contributed by atoms with Gasteiger partial charge in [0.25, 0.3) is 5.91 Å². The van der Waals surface area contributed by atoms with Gasteiger partial charge in [0.1, 0.15) is 18.0 Å². The third kappa shape index (κ3) is 4.78. The Morgan fingerprint density at radius 3 is 2.64 bits per heavy atom. The number of hydrogen-bond acceptors (Lipinski definition) is 8. The fourth-order valence-electron chi connectivity index (χ4n) is 5.42. The van der Waals surface area contributed by atoms with E-state index >= 15 is 4.39 Å². The Labute approximate surface area is 238 Å². The highest BCUT2D eigenvalue weighted by atomic mass is 35.5. The number of carbonyl (C=O) groups excluding carboxylic acids is 4. The van der Waals surface area contributed by atoms with Crippen LogP contribution >= 0.6 is 11.6 Å². The number of alkyl halides is 3. The number of carbonyl (C=O) groups is 4. The van der Waals surface area contributed by atoms with E-state index in [9.17, 15) is 32.3 Å². The van der Waals surface area contributed by atoms with Gasteiger partial charge in [-0.15, -0.1) is 0 Å². The average Bonchev–Trinajstić information content (AvgIpc) is 3.46. The number of ether oxygens (including phenoxy) is 1. The van der Waals surface area contributed by atoms with E-state index in [0.29, 0.717) is 0 Å². The van der Waals surface area contributed by atoms with Crippen molar-refractivity contribution in [2.45, 2.75) is 63.1 Å². The molecule has 42 heavy (non-hydrogen) atoms. The van der Waals surface area contributed by atoms with Crippen LogP contribution in [0, 0.1) is 5.82 Å². The van der Waals surface area contributed by atoms with Crippen molar-refractivity contribution in [2.24, 2.45) is 0 Å². The van der Waals surface area contributed by atoms with Gasteiger partial charge < -0.3 is 19.5 Å². The molecule has 17 heteroatoms. The monoisotopic (exact) mass is 609 g/mol. The Morgan fingerprint density at radius 2 is 1.93 bits per heavy atom. The predicted molar refractivity (Wildman–Crippen MR) is 133 cm³/mol. The number of imide groups is 1. The molecule has 3 aliphatic rings. The highest BCUT2D eigenvalue weighted by molar-refractivity contribution is 6.32. The zero-order valence-electron chi connectivity index (χ0n) is 21.4. The van der Waals surface area contributed by atoms with Crippen LogP contribution < -0.4 is 10.6 Å². The lowest BCUT2D eigenvalue weighted by atomic mass is 9.89. The van der Waals surface area contributed by atoms with Gasteiger partial charge in [-0.3, -0.25) is 19.7 Å². The molecule has 2 N–H and O–H groups in total. The Morgan fingerprint density at radius 1 is 1.19 bits per heavy atom. The average molecular weight is 610 g/mol. The molecule has 4 amide bonds. The lowest BCUT2D eigenvalue weighted by Gasteiger charge is -2.36. The summed E-state index contributed by atoms with van der Waals surface area (Å²) in [5.74, 6) is -3.95. The summed E-state index contributed by atoms with van der Waals surface area (Å²) in [4.78, 5) is 61.7. The molecule has 3 aromatic rings. The summed E-state index contributed by atoms with van der Waals surface area (Å²) in [5, 5.41) is 4.58. The van der Waals surface area contributed by atoms with Gasteiger partial charge >= 0.3 is 12.3 Å². The smallest absolute Gasteiger partial charge is 0.446 e. The van der Waals surface area contributed by atoms with E-state index in [2.05, 4.69) is 25.6 Å². The molecular weight excluding hydrogens is 590 g/mol. The van der Waals surface area contributed by atoms with Crippen molar-refractivity contribution in [1.82, 2.24) is 35.1 Å². The van der Waals surface area contributed by atoms with E-state index < -0.39 is 66.4 Å². The minimum Gasteiger partial charge on any atom is -0.446 e. The third-order valence-electron chi connectivity index (χ3n) is 7.50. The number of nitrogens with one attached hydrogen (secondary N) is 2. The molecule has 0 radical (unpaired) electrons. The van der Waals surface area contributed by atoms with Crippen LogP contribution in [-0.4, -0.2) is 60.4 Å². The van der Waals surface area contributed by atoms with Gasteiger partial charge in [0.2, 0.25) is 17.6 Å². The number of imidazole rings is 1.